The first-order valence-electron chi connectivity index (χ1n) is 9.25. The Balaban J connectivity index is 1.65. The van der Waals surface area contributed by atoms with Gasteiger partial charge in [0.1, 0.15) is 17.3 Å². The Kier molecular flexibility index (Phi) is 4.21. The highest BCUT2D eigenvalue weighted by Gasteiger charge is 2.22. The van der Waals surface area contributed by atoms with Gasteiger partial charge in [0, 0.05) is 22.7 Å². The fourth-order valence-electron chi connectivity index (χ4n) is 3.54. The highest BCUT2D eigenvalue weighted by atomic mass is 19.1. The predicted molar refractivity (Wildman–Crippen MR) is 108 cm³/mol. The van der Waals surface area contributed by atoms with Gasteiger partial charge in [-0.15, -0.1) is 0 Å². The highest BCUT2D eigenvalue weighted by molar-refractivity contribution is 5.83. The third kappa shape index (κ3) is 3.10. The molecular weight excluding hydrogens is 370 g/mol. The number of benzene rings is 3. The smallest absolute Gasteiger partial charge is 0.200 e. The summed E-state index contributed by atoms with van der Waals surface area (Å²) in [5, 5.41) is 1.06. The molecule has 1 N–H and O–H groups in total. The summed E-state index contributed by atoms with van der Waals surface area (Å²) in [6, 6.07) is 20.5. The SMILES string of the molecule is Fc1ccccc1-c1nc(Cc2c[nH]c3ccccc23)oc1-c1ccccc1F. The molecule has 0 saturated heterocycles. The number of rotatable bonds is 4. The number of aromatic amines is 1. The normalized spacial score (nSPS) is 11.2. The molecule has 3 aromatic carbocycles. The number of nitrogens with one attached hydrogen (secondary N) is 1. The first-order chi connectivity index (χ1) is 14.2. The zero-order chi connectivity index (χ0) is 19.8. The molecule has 0 amide bonds. The van der Waals surface area contributed by atoms with E-state index in [2.05, 4.69) is 9.97 Å². The molecule has 0 aliphatic heterocycles. The Bertz CT molecular complexity index is 1260. The highest BCUT2D eigenvalue weighted by Crippen LogP contribution is 2.36. The molecule has 0 radical (unpaired) electrons. The number of aromatic nitrogens is 2. The lowest BCUT2D eigenvalue weighted by Crippen LogP contribution is -1.90. The van der Waals surface area contributed by atoms with Crippen molar-refractivity contribution in [3.63, 3.8) is 0 Å². The van der Waals surface area contributed by atoms with Gasteiger partial charge in [0.05, 0.1) is 12.0 Å². The fourth-order valence-corrected chi connectivity index (χ4v) is 3.54. The van der Waals surface area contributed by atoms with Crippen molar-refractivity contribution in [3.8, 4) is 22.6 Å². The second kappa shape index (κ2) is 7.02. The van der Waals surface area contributed by atoms with E-state index in [-0.39, 0.29) is 16.9 Å². The monoisotopic (exact) mass is 386 g/mol. The van der Waals surface area contributed by atoms with Crippen molar-refractivity contribution >= 4 is 10.9 Å². The molecule has 0 fully saturated rings. The van der Waals surface area contributed by atoms with E-state index in [1.165, 1.54) is 12.1 Å². The van der Waals surface area contributed by atoms with E-state index in [0.717, 1.165) is 16.5 Å². The van der Waals surface area contributed by atoms with E-state index < -0.39 is 11.6 Å². The number of hydrogen-bond acceptors (Lipinski definition) is 2. The van der Waals surface area contributed by atoms with Crippen LogP contribution in [-0.2, 0) is 6.42 Å². The van der Waals surface area contributed by atoms with Gasteiger partial charge in [-0.05, 0) is 35.9 Å². The van der Waals surface area contributed by atoms with Crippen LogP contribution in [0.1, 0.15) is 11.5 Å². The lowest BCUT2D eigenvalue weighted by molar-refractivity contribution is 0.515. The zero-order valence-corrected chi connectivity index (χ0v) is 15.3. The molecule has 0 unspecified atom stereocenters. The lowest BCUT2D eigenvalue weighted by atomic mass is 10.1. The van der Waals surface area contributed by atoms with Crippen molar-refractivity contribution in [1.82, 2.24) is 9.97 Å². The number of H-pyrrole nitrogens is 1. The summed E-state index contributed by atoms with van der Waals surface area (Å²) in [6.45, 7) is 0. The summed E-state index contributed by atoms with van der Waals surface area (Å²) in [6.07, 6.45) is 2.31. The van der Waals surface area contributed by atoms with Crippen molar-refractivity contribution in [2.45, 2.75) is 6.42 Å². The third-order valence-electron chi connectivity index (χ3n) is 4.94. The Morgan fingerprint density at radius 1 is 0.793 bits per heavy atom. The maximum absolute atomic E-state index is 14.5. The number of hydrogen-bond donors (Lipinski definition) is 1. The van der Waals surface area contributed by atoms with E-state index in [1.54, 1.807) is 36.4 Å². The molecule has 5 rings (SSSR count). The van der Waals surface area contributed by atoms with Gasteiger partial charge in [0.15, 0.2) is 11.7 Å². The molecule has 0 bridgehead atoms. The van der Waals surface area contributed by atoms with Gasteiger partial charge in [-0.1, -0.05) is 42.5 Å². The molecule has 3 nitrogen and oxygen atoms in total. The maximum Gasteiger partial charge on any atom is 0.200 e. The van der Waals surface area contributed by atoms with E-state index in [4.69, 9.17) is 4.42 Å². The number of para-hydroxylation sites is 1. The van der Waals surface area contributed by atoms with Crippen LogP contribution in [0.5, 0.6) is 0 Å². The molecule has 0 spiro atoms. The molecule has 142 valence electrons. The van der Waals surface area contributed by atoms with Crippen molar-refractivity contribution in [1.29, 1.82) is 0 Å². The van der Waals surface area contributed by atoms with Gasteiger partial charge in [0.25, 0.3) is 0 Å². The van der Waals surface area contributed by atoms with Crippen molar-refractivity contribution in [3.05, 3.63) is 102 Å². The van der Waals surface area contributed by atoms with E-state index in [0.29, 0.717) is 18.0 Å². The van der Waals surface area contributed by atoms with Crippen molar-refractivity contribution in [2.75, 3.05) is 0 Å². The van der Waals surface area contributed by atoms with E-state index >= 15 is 0 Å². The Labute approximate surface area is 165 Å². The molecule has 2 heterocycles. The minimum atomic E-state index is -0.445. The lowest BCUT2D eigenvalue weighted by Gasteiger charge is -2.03. The largest absolute Gasteiger partial charge is 0.440 e. The average Bonchev–Trinajstić information content (AvgIpc) is 3.34. The van der Waals surface area contributed by atoms with Gasteiger partial charge >= 0.3 is 0 Å². The molecular formula is C24H16F2N2O. The van der Waals surface area contributed by atoms with Crippen LogP contribution in [0.2, 0.25) is 0 Å². The standard InChI is InChI=1S/C24H16F2N2O/c25-19-10-4-1-8-17(19)23-24(18-9-2-5-11-20(18)26)29-22(28-23)13-15-14-27-21-12-6-3-7-16(15)21/h1-12,14,27H,13H2. The number of nitrogens with zero attached hydrogens (tertiary/aromatic N) is 1. The van der Waals surface area contributed by atoms with Crippen LogP contribution < -0.4 is 0 Å². The molecule has 0 aliphatic rings. The quantitative estimate of drug-likeness (QED) is 0.390. The Morgan fingerprint density at radius 2 is 1.45 bits per heavy atom. The van der Waals surface area contributed by atoms with Crippen LogP contribution >= 0.6 is 0 Å². The zero-order valence-electron chi connectivity index (χ0n) is 15.3. The molecule has 5 aromatic rings. The molecule has 0 aliphatic carbocycles. The van der Waals surface area contributed by atoms with Crippen LogP contribution in [0.4, 0.5) is 8.78 Å². The third-order valence-corrected chi connectivity index (χ3v) is 4.94. The maximum atomic E-state index is 14.5. The number of oxazole rings is 1. The van der Waals surface area contributed by atoms with Crippen molar-refractivity contribution < 1.29 is 13.2 Å². The number of fused-ring (bicyclic) bond motifs is 1. The summed E-state index contributed by atoms with van der Waals surface area (Å²) in [5.41, 5.74) is 2.84. The van der Waals surface area contributed by atoms with Gasteiger partial charge in [-0.25, -0.2) is 13.8 Å². The summed E-state index contributed by atoms with van der Waals surface area (Å²) in [4.78, 5) is 7.78. The molecule has 0 atom stereocenters. The predicted octanol–water partition coefficient (Wildman–Crippen LogP) is 6.36. The van der Waals surface area contributed by atoms with Gasteiger partial charge in [-0.3, -0.25) is 0 Å². The van der Waals surface area contributed by atoms with Crippen molar-refractivity contribution in [2.24, 2.45) is 0 Å². The molecule has 2 aromatic heterocycles. The van der Waals surface area contributed by atoms with Crippen LogP contribution in [0.25, 0.3) is 33.5 Å². The fraction of sp³-hybridized carbons (Fsp3) is 0.0417. The van der Waals surface area contributed by atoms with Crippen LogP contribution in [0.15, 0.2) is 83.4 Å². The summed E-state index contributed by atoms with van der Waals surface area (Å²) < 4.78 is 34.9. The van der Waals surface area contributed by atoms with Crippen LogP contribution in [0, 0.1) is 11.6 Å². The minimum Gasteiger partial charge on any atom is -0.440 e. The van der Waals surface area contributed by atoms with Gasteiger partial charge in [0.2, 0.25) is 0 Å². The Morgan fingerprint density at radius 3 is 2.21 bits per heavy atom. The number of halogens is 2. The topological polar surface area (TPSA) is 41.8 Å². The van der Waals surface area contributed by atoms with E-state index in [1.807, 2.05) is 30.5 Å². The summed E-state index contributed by atoms with van der Waals surface area (Å²) in [5.74, 6) is -0.258. The second-order valence-corrected chi connectivity index (χ2v) is 6.78. The van der Waals surface area contributed by atoms with Gasteiger partial charge in [-0.2, -0.15) is 0 Å². The minimum absolute atomic E-state index is 0.225. The average molecular weight is 386 g/mol. The first-order valence-corrected chi connectivity index (χ1v) is 9.25. The van der Waals surface area contributed by atoms with E-state index in [9.17, 15) is 8.78 Å². The van der Waals surface area contributed by atoms with Gasteiger partial charge < -0.3 is 9.40 Å². The van der Waals surface area contributed by atoms with Crippen LogP contribution in [-0.4, -0.2) is 9.97 Å². The summed E-state index contributed by atoms with van der Waals surface area (Å²) in [7, 11) is 0. The molecule has 29 heavy (non-hydrogen) atoms. The second-order valence-electron chi connectivity index (χ2n) is 6.78. The summed E-state index contributed by atoms with van der Waals surface area (Å²) >= 11 is 0. The van der Waals surface area contributed by atoms with Crippen LogP contribution in [0.3, 0.4) is 0 Å². The molecule has 5 heteroatoms. The first kappa shape index (κ1) is 17.4. The Hall–Kier alpha value is -3.73. The molecule has 0 saturated carbocycles.